The second-order valence-electron chi connectivity index (χ2n) is 4.72. The molecule has 0 aliphatic carbocycles. The van der Waals surface area contributed by atoms with E-state index in [0.29, 0.717) is 5.56 Å². The molecule has 1 heterocycles. The van der Waals surface area contributed by atoms with Gasteiger partial charge in [-0.2, -0.15) is 0 Å². The predicted octanol–water partition coefficient (Wildman–Crippen LogP) is 2.38. The molecule has 0 saturated heterocycles. The number of methoxy groups -OCH3 is 1. The Morgan fingerprint density at radius 1 is 1.10 bits per heavy atom. The van der Waals surface area contributed by atoms with Gasteiger partial charge in [0, 0.05) is 12.1 Å². The van der Waals surface area contributed by atoms with Crippen molar-refractivity contribution < 1.29 is 24.5 Å². The second kappa shape index (κ2) is 4.31. The Morgan fingerprint density at radius 3 is 2.48 bits per heavy atom. The van der Waals surface area contributed by atoms with Gasteiger partial charge in [0.1, 0.15) is 22.5 Å². The van der Waals surface area contributed by atoms with Gasteiger partial charge in [-0.1, -0.05) is 0 Å². The highest BCUT2D eigenvalue weighted by Crippen LogP contribution is 2.40. The number of rotatable bonds is 1. The summed E-state index contributed by atoms with van der Waals surface area (Å²) in [6.07, 6.45) is 0. The molecule has 0 fully saturated rings. The number of aryl methyl sites for hydroxylation is 1. The molecule has 3 N–H and O–H groups in total. The summed E-state index contributed by atoms with van der Waals surface area (Å²) in [5.74, 6) is -0.804. The topological polar surface area (TPSA) is 100 Å². The maximum Gasteiger partial charge on any atom is 0.204 e. The number of phenols is 3. The standard InChI is InChI=1S/C15H12O6/c1-6-3-7(16)4-9-11(6)14(19)12-8(17)5-10(20-2)13(18)15(12)21-9/h3-5,16-18H,1-2H3. The van der Waals surface area contributed by atoms with Crippen molar-refractivity contribution in [2.45, 2.75) is 6.92 Å². The van der Waals surface area contributed by atoms with Crippen LogP contribution in [-0.2, 0) is 0 Å². The van der Waals surface area contributed by atoms with Crippen molar-refractivity contribution >= 4 is 21.9 Å². The van der Waals surface area contributed by atoms with E-state index in [4.69, 9.17) is 9.15 Å². The zero-order valence-electron chi connectivity index (χ0n) is 11.3. The molecule has 0 spiro atoms. The average Bonchev–Trinajstić information content (AvgIpc) is 2.41. The number of hydrogen-bond acceptors (Lipinski definition) is 6. The number of phenolic OH excluding ortho intramolecular Hbond substituents is 3. The fourth-order valence-electron chi connectivity index (χ4n) is 2.43. The molecule has 0 bridgehead atoms. The zero-order chi connectivity index (χ0) is 15.3. The summed E-state index contributed by atoms with van der Waals surface area (Å²) in [4.78, 5) is 12.5. The molecule has 2 aromatic carbocycles. The molecular formula is C15H12O6. The van der Waals surface area contributed by atoms with E-state index in [1.54, 1.807) is 6.92 Å². The monoisotopic (exact) mass is 288 g/mol. The minimum absolute atomic E-state index is 0.0145. The van der Waals surface area contributed by atoms with Crippen molar-refractivity contribution in [1.82, 2.24) is 0 Å². The third-order valence-electron chi connectivity index (χ3n) is 3.37. The number of ether oxygens (including phenoxy) is 1. The first-order chi connectivity index (χ1) is 9.93. The van der Waals surface area contributed by atoms with E-state index >= 15 is 0 Å². The van der Waals surface area contributed by atoms with Crippen LogP contribution in [0.2, 0.25) is 0 Å². The molecular weight excluding hydrogens is 276 g/mol. The summed E-state index contributed by atoms with van der Waals surface area (Å²) in [7, 11) is 1.31. The molecule has 6 heteroatoms. The Labute approximate surface area is 118 Å². The summed E-state index contributed by atoms with van der Waals surface area (Å²) < 4.78 is 10.4. The van der Waals surface area contributed by atoms with Crippen LogP contribution in [0.25, 0.3) is 21.9 Å². The Morgan fingerprint density at radius 2 is 1.81 bits per heavy atom. The summed E-state index contributed by atoms with van der Waals surface area (Å²) >= 11 is 0. The fourth-order valence-corrected chi connectivity index (χ4v) is 2.43. The smallest absolute Gasteiger partial charge is 0.204 e. The Hall–Kier alpha value is -2.89. The molecule has 0 unspecified atom stereocenters. The van der Waals surface area contributed by atoms with Crippen LogP contribution >= 0.6 is 0 Å². The first-order valence-corrected chi connectivity index (χ1v) is 6.13. The van der Waals surface area contributed by atoms with E-state index in [2.05, 4.69) is 0 Å². The van der Waals surface area contributed by atoms with E-state index in [0.717, 1.165) is 6.07 Å². The van der Waals surface area contributed by atoms with Crippen molar-refractivity contribution in [3.8, 4) is 23.0 Å². The first kappa shape index (κ1) is 13.1. The van der Waals surface area contributed by atoms with Crippen LogP contribution in [0.1, 0.15) is 5.56 Å². The van der Waals surface area contributed by atoms with Crippen LogP contribution < -0.4 is 10.2 Å². The van der Waals surface area contributed by atoms with Gasteiger partial charge in [0.2, 0.25) is 11.2 Å². The molecule has 0 saturated carbocycles. The Balaban J connectivity index is 2.63. The van der Waals surface area contributed by atoms with Gasteiger partial charge in [-0.05, 0) is 18.6 Å². The molecule has 3 rings (SSSR count). The molecule has 0 aliphatic rings. The summed E-state index contributed by atoms with van der Waals surface area (Å²) in [5.41, 5.74) is -0.0446. The molecule has 108 valence electrons. The molecule has 21 heavy (non-hydrogen) atoms. The highest BCUT2D eigenvalue weighted by atomic mass is 16.5. The van der Waals surface area contributed by atoms with Crippen LogP contribution in [-0.4, -0.2) is 22.4 Å². The van der Waals surface area contributed by atoms with Gasteiger partial charge in [-0.3, -0.25) is 4.79 Å². The number of hydrogen-bond donors (Lipinski definition) is 3. The maximum absolute atomic E-state index is 12.5. The van der Waals surface area contributed by atoms with Crippen LogP contribution in [0.5, 0.6) is 23.0 Å². The van der Waals surface area contributed by atoms with E-state index in [-0.39, 0.29) is 44.9 Å². The quantitative estimate of drug-likeness (QED) is 0.469. The van der Waals surface area contributed by atoms with Gasteiger partial charge >= 0.3 is 0 Å². The average molecular weight is 288 g/mol. The van der Waals surface area contributed by atoms with Crippen LogP contribution in [0.4, 0.5) is 0 Å². The third-order valence-corrected chi connectivity index (χ3v) is 3.37. The number of aromatic hydroxyl groups is 3. The largest absolute Gasteiger partial charge is 0.508 e. The lowest BCUT2D eigenvalue weighted by Gasteiger charge is -2.10. The van der Waals surface area contributed by atoms with Gasteiger partial charge in [0.15, 0.2) is 11.3 Å². The Bertz CT molecular complexity index is 939. The second-order valence-corrected chi connectivity index (χ2v) is 4.72. The van der Waals surface area contributed by atoms with Gasteiger partial charge in [-0.25, -0.2) is 0 Å². The Kier molecular flexibility index (Phi) is 2.69. The van der Waals surface area contributed by atoms with E-state index < -0.39 is 5.43 Å². The minimum Gasteiger partial charge on any atom is -0.508 e. The molecule has 0 radical (unpaired) electrons. The van der Waals surface area contributed by atoms with E-state index in [9.17, 15) is 20.1 Å². The molecule has 0 atom stereocenters. The third kappa shape index (κ3) is 1.76. The normalized spacial score (nSPS) is 11.1. The molecule has 1 aromatic heterocycles. The minimum atomic E-state index is -0.487. The van der Waals surface area contributed by atoms with Crippen LogP contribution in [0, 0.1) is 6.92 Å². The molecule has 6 nitrogen and oxygen atoms in total. The van der Waals surface area contributed by atoms with Crippen molar-refractivity contribution in [2.75, 3.05) is 7.11 Å². The lowest BCUT2D eigenvalue weighted by atomic mass is 10.1. The summed E-state index contributed by atoms with van der Waals surface area (Å²) in [5, 5.41) is 29.8. The van der Waals surface area contributed by atoms with Crippen LogP contribution in [0.15, 0.2) is 27.4 Å². The maximum atomic E-state index is 12.5. The number of fused-ring (bicyclic) bond motifs is 2. The van der Waals surface area contributed by atoms with Crippen molar-refractivity contribution in [1.29, 1.82) is 0 Å². The number of benzene rings is 2. The molecule has 0 amide bonds. The molecule has 0 aliphatic heterocycles. The van der Waals surface area contributed by atoms with Gasteiger partial charge in [0.25, 0.3) is 0 Å². The highest BCUT2D eigenvalue weighted by molar-refractivity contribution is 5.98. The van der Waals surface area contributed by atoms with Crippen molar-refractivity contribution in [3.63, 3.8) is 0 Å². The lowest BCUT2D eigenvalue weighted by molar-refractivity contribution is 0.368. The summed E-state index contributed by atoms with van der Waals surface area (Å²) in [6.45, 7) is 1.64. The SMILES string of the molecule is COc1cc(O)c2c(=O)c3c(C)cc(O)cc3oc2c1O. The van der Waals surface area contributed by atoms with Gasteiger partial charge in [-0.15, -0.1) is 0 Å². The van der Waals surface area contributed by atoms with Gasteiger partial charge in [0.05, 0.1) is 12.5 Å². The fraction of sp³-hybridized carbons (Fsp3) is 0.133. The predicted molar refractivity (Wildman–Crippen MR) is 76.3 cm³/mol. The van der Waals surface area contributed by atoms with Crippen LogP contribution in [0.3, 0.4) is 0 Å². The highest BCUT2D eigenvalue weighted by Gasteiger charge is 2.20. The van der Waals surface area contributed by atoms with E-state index in [1.807, 2.05) is 0 Å². The van der Waals surface area contributed by atoms with E-state index in [1.165, 1.54) is 19.2 Å². The molecule has 3 aromatic rings. The van der Waals surface area contributed by atoms with Gasteiger partial charge < -0.3 is 24.5 Å². The lowest BCUT2D eigenvalue weighted by Crippen LogP contribution is -2.04. The van der Waals surface area contributed by atoms with Crippen molar-refractivity contribution in [3.05, 3.63) is 34.0 Å². The van der Waals surface area contributed by atoms with Crippen molar-refractivity contribution in [2.24, 2.45) is 0 Å². The first-order valence-electron chi connectivity index (χ1n) is 6.13. The summed E-state index contributed by atoms with van der Waals surface area (Å²) in [6, 6.07) is 3.85. The zero-order valence-corrected chi connectivity index (χ0v) is 11.3.